The van der Waals surface area contributed by atoms with E-state index in [9.17, 15) is 14.9 Å². The Bertz CT molecular complexity index is 1310. The molecule has 0 fully saturated rings. The highest BCUT2D eigenvalue weighted by Gasteiger charge is 2.20. The third kappa shape index (κ3) is 5.31. The molecule has 9 nitrogen and oxygen atoms in total. The SMILES string of the molecule is COc1ccc2nc(N(/N=C/c3ccc([N+](=O)[O-])cc3)C(=O)COc3ccccc3)sc2c1. The van der Waals surface area contributed by atoms with Crippen LogP contribution in [0.15, 0.2) is 77.9 Å². The minimum absolute atomic E-state index is 0.0311. The van der Waals surface area contributed by atoms with Crippen LogP contribution in [-0.2, 0) is 4.79 Å². The number of anilines is 1. The molecule has 0 unspecified atom stereocenters. The van der Waals surface area contributed by atoms with Crippen molar-refractivity contribution in [3.05, 3.63) is 88.5 Å². The van der Waals surface area contributed by atoms with E-state index in [1.165, 1.54) is 34.7 Å². The molecule has 0 saturated heterocycles. The Morgan fingerprint density at radius 3 is 2.58 bits per heavy atom. The van der Waals surface area contributed by atoms with Crippen LogP contribution in [0.3, 0.4) is 0 Å². The van der Waals surface area contributed by atoms with Crippen molar-refractivity contribution < 1.29 is 19.2 Å². The number of thiazole rings is 1. The molecular weight excluding hydrogens is 444 g/mol. The molecule has 0 radical (unpaired) electrons. The van der Waals surface area contributed by atoms with E-state index in [1.807, 2.05) is 24.3 Å². The lowest BCUT2D eigenvalue weighted by molar-refractivity contribution is -0.384. The second-order valence-electron chi connectivity index (χ2n) is 6.73. The van der Waals surface area contributed by atoms with Gasteiger partial charge in [0.15, 0.2) is 6.61 Å². The van der Waals surface area contributed by atoms with Gasteiger partial charge in [-0.2, -0.15) is 10.1 Å². The van der Waals surface area contributed by atoms with Gasteiger partial charge in [0.05, 0.1) is 28.5 Å². The van der Waals surface area contributed by atoms with Gasteiger partial charge >= 0.3 is 0 Å². The first-order valence-electron chi connectivity index (χ1n) is 9.77. The van der Waals surface area contributed by atoms with E-state index < -0.39 is 10.8 Å². The van der Waals surface area contributed by atoms with Crippen LogP contribution in [0.2, 0.25) is 0 Å². The Kier molecular flexibility index (Phi) is 6.56. The number of methoxy groups -OCH3 is 1. The normalized spacial score (nSPS) is 10.9. The molecule has 33 heavy (non-hydrogen) atoms. The van der Waals surface area contributed by atoms with Crippen molar-refractivity contribution in [3.63, 3.8) is 0 Å². The van der Waals surface area contributed by atoms with Crippen LogP contribution < -0.4 is 14.5 Å². The molecule has 3 aromatic carbocycles. The predicted octanol–water partition coefficient (Wildman–Crippen LogP) is 4.66. The number of aromatic nitrogens is 1. The number of hydrazone groups is 1. The summed E-state index contributed by atoms with van der Waals surface area (Å²) in [6, 6.07) is 20.2. The van der Waals surface area contributed by atoms with Crippen molar-refractivity contribution in [2.45, 2.75) is 0 Å². The maximum Gasteiger partial charge on any atom is 0.287 e. The van der Waals surface area contributed by atoms with Crippen molar-refractivity contribution in [3.8, 4) is 11.5 Å². The zero-order valence-electron chi connectivity index (χ0n) is 17.5. The predicted molar refractivity (Wildman–Crippen MR) is 126 cm³/mol. The van der Waals surface area contributed by atoms with Crippen molar-refractivity contribution >= 4 is 44.5 Å². The third-order valence-corrected chi connectivity index (χ3v) is 5.53. The van der Waals surface area contributed by atoms with Crippen molar-refractivity contribution in [1.29, 1.82) is 0 Å². The van der Waals surface area contributed by atoms with Crippen LogP contribution in [0.1, 0.15) is 5.56 Å². The van der Waals surface area contributed by atoms with E-state index in [4.69, 9.17) is 9.47 Å². The summed E-state index contributed by atoms with van der Waals surface area (Å²) < 4.78 is 11.7. The molecule has 0 N–H and O–H groups in total. The number of amides is 1. The highest BCUT2D eigenvalue weighted by Crippen LogP contribution is 2.32. The molecule has 1 aromatic heterocycles. The summed E-state index contributed by atoms with van der Waals surface area (Å²) in [4.78, 5) is 27.9. The van der Waals surface area contributed by atoms with Gasteiger partial charge in [0, 0.05) is 12.1 Å². The lowest BCUT2D eigenvalue weighted by Gasteiger charge is -2.14. The van der Waals surface area contributed by atoms with Crippen molar-refractivity contribution in [2.24, 2.45) is 5.10 Å². The van der Waals surface area contributed by atoms with Crippen LogP contribution >= 0.6 is 11.3 Å². The molecule has 166 valence electrons. The monoisotopic (exact) mass is 462 g/mol. The average Bonchev–Trinajstić information content (AvgIpc) is 3.26. The van der Waals surface area contributed by atoms with Gasteiger partial charge in [0.2, 0.25) is 5.13 Å². The minimum atomic E-state index is -0.479. The van der Waals surface area contributed by atoms with Gasteiger partial charge in [-0.25, -0.2) is 4.98 Å². The Morgan fingerprint density at radius 1 is 1.12 bits per heavy atom. The first kappa shape index (κ1) is 21.9. The molecule has 4 rings (SSSR count). The number of ether oxygens (including phenoxy) is 2. The van der Waals surface area contributed by atoms with Crippen LogP contribution in [0.5, 0.6) is 11.5 Å². The zero-order chi connectivity index (χ0) is 23.2. The second-order valence-corrected chi connectivity index (χ2v) is 7.74. The molecule has 1 heterocycles. The van der Waals surface area contributed by atoms with Gasteiger partial charge in [0.25, 0.3) is 11.6 Å². The number of non-ortho nitro benzene ring substituents is 1. The fourth-order valence-electron chi connectivity index (χ4n) is 2.86. The minimum Gasteiger partial charge on any atom is -0.497 e. The van der Waals surface area contributed by atoms with E-state index in [0.717, 1.165) is 4.70 Å². The first-order valence-corrected chi connectivity index (χ1v) is 10.6. The van der Waals surface area contributed by atoms with Gasteiger partial charge in [-0.05, 0) is 48.0 Å². The van der Waals surface area contributed by atoms with Crippen LogP contribution in [0.25, 0.3) is 10.2 Å². The van der Waals surface area contributed by atoms with Gasteiger partial charge in [-0.3, -0.25) is 14.9 Å². The average molecular weight is 462 g/mol. The summed E-state index contributed by atoms with van der Waals surface area (Å²) in [5.41, 5.74) is 1.25. The molecule has 0 atom stereocenters. The standard InChI is InChI=1S/C23H18N4O5S/c1-31-19-11-12-20-21(13-19)33-23(25-20)26(22(28)15-32-18-5-3-2-4-6-18)24-14-16-7-9-17(10-8-16)27(29)30/h2-14H,15H2,1H3/b24-14+. The van der Waals surface area contributed by atoms with E-state index in [2.05, 4.69) is 10.1 Å². The van der Waals surface area contributed by atoms with E-state index >= 15 is 0 Å². The number of fused-ring (bicyclic) bond motifs is 1. The summed E-state index contributed by atoms with van der Waals surface area (Å²) in [6.45, 7) is -0.249. The van der Waals surface area contributed by atoms with E-state index in [-0.39, 0.29) is 12.3 Å². The lowest BCUT2D eigenvalue weighted by atomic mass is 10.2. The van der Waals surface area contributed by atoms with Gasteiger partial charge in [-0.15, -0.1) is 0 Å². The molecule has 0 bridgehead atoms. The van der Waals surface area contributed by atoms with Gasteiger partial charge in [-0.1, -0.05) is 29.5 Å². The maximum atomic E-state index is 13.0. The largest absolute Gasteiger partial charge is 0.497 e. The van der Waals surface area contributed by atoms with Crippen molar-refractivity contribution in [1.82, 2.24) is 4.98 Å². The summed E-state index contributed by atoms with van der Waals surface area (Å²) in [7, 11) is 1.58. The molecule has 4 aromatic rings. The number of nitrogens with zero attached hydrogens (tertiary/aromatic N) is 4. The molecule has 10 heteroatoms. The molecule has 0 spiro atoms. The molecule has 1 amide bonds. The zero-order valence-corrected chi connectivity index (χ0v) is 18.3. The molecule has 0 saturated carbocycles. The number of hydrogen-bond donors (Lipinski definition) is 0. The summed E-state index contributed by atoms with van der Waals surface area (Å²) in [5, 5.41) is 16.7. The van der Waals surface area contributed by atoms with Crippen LogP contribution in [0.4, 0.5) is 10.8 Å². The fourth-order valence-corrected chi connectivity index (χ4v) is 3.83. The molecule has 0 aliphatic carbocycles. The maximum absolute atomic E-state index is 13.0. The first-order chi connectivity index (χ1) is 16.0. The number of rotatable bonds is 8. The van der Waals surface area contributed by atoms with Crippen LogP contribution in [0, 0.1) is 10.1 Å². The number of carbonyl (C=O) groups is 1. The highest BCUT2D eigenvalue weighted by atomic mass is 32.1. The number of nitro benzene ring substituents is 1. The molecule has 0 aliphatic heterocycles. The smallest absolute Gasteiger partial charge is 0.287 e. The number of para-hydroxylation sites is 1. The Labute approximate surface area is 192 Å². The molecule has 0 aliphatic rings. The fraction of sp³-hybridized carbons (Fsp3) is 0.0870. The number of nitro groups is 1. The highest BCUT2D eigenvalue weighted by molar-refractivity contribution is 7.22. The second kappa shape index (κ2) is 9.88. The summed E-state index contributed by atoms with van der Waals surface area (Å²) in [6.07, 6.45) is 1.44. The lowest BCUT2D eigenvalue weighted by Crippen LogP contribution is -2.30. The number of carbonyl (C=O) groups excluding carboxylic acids is 1. The Balaban J connectivity index is 1.62. The summed E-state index contributed by atoms with van der Waals surface area (Å²) in [5.74, 6) is 0.805. The number of hydrogen-bond acceptors (Lipinski definition) is 8. The quantitative estimate of drug-likeness (QED) is 0.214. The Morgan fingerprint density at radius 2 is 1.88 bits per heavy atom. The van der Waals surface area contributed by atoms with Gasteiger partial charge in [0.1, 0.15) is 11.5 Å². The van der Waals surface area contributed by atoms with Crippen molar-refractivity contribution in [2.75, 3.05) is 18.7 Å². The third-order valence-electron chi connectivity index (χ3n) is 4.53. The van der Waals surface area contributed by atoms with Crippen LogP contribution in [-0.4, -0.2) is 35.7 Å². The number of benzene rings is 3. The summed E-state index contributed by atoms with van der Waals surface area (Å²) >= 11 is 1.28. The van der Waals surface area contributed by atoms with E-state index in [1.54, 1.807) is 43.5 Å². The van der Waals surface area contributed by atoms with E-state index in [0.29, 0.717) is 27.7 Å². The topological polar surface area (TPSA) is 107 Å². The van der Waals surface area contributed by atoms with Gasteiger partial charge < -0.3 is 9.47 Å². The molecular formula is C23H18N4O5S. The Hall–Kier alpha value is -4.31.